The van der Waals surface area contributed by atoms with Crippen LogP contribution < -0.4 is 14.8 Å². The number of sulfonamides is 1. The zero-order chi connectivity index (χ0) is 23.9. The first kappa shape index (κ1) is 25.7. The Labute approximate surface area is 191 Å². The van der Waals surface area contributed by atoms with Gasteiger partial charge < -0.3 is 14.8 Å². The maximum atomic E-state index is 12.7. The van der Waals surface area contributed by atoms with Gasteiger partial charge in [0, 0.05) is 18.7 Å². The van der Waals surface area contributed by atoms with Crippen molar-refractivity contribution in [2.24, 2.45) is 5.92 Å². The summed E-state index contributed by atoms with van der Waals surface area (Å²) in [6.45, 7) is 11.0. The van der Waals surface area contributed by atoms with Gasteiger partial charge in [-0.3, -0.25) is 4.79 Å². The van der Waals surface area contributed by atoms with Crippen molar-refractivity contribution in [2.75, 3.05) is 26.8 Å². The SMILES string of the molecule is CCN(CC)S(=O)(=O)c1ccc(C(=O)NC(C)c2ccc(OCC(C)C)c(OC)c2)cc1. The standard InChI is InChI=1S/C24H34N2O5S/c1-7-26(8-2)32(28,29)21-12-9-19(10-13-21)24(27)25-18(5)20-11-14-22(23(15-20)30-6)31-16-17(3)4/h9-15,17-18H,7-8,16H2,1-6H3,(H,25,27). The summed E-state index contributed by atoms with van der Waals surface area (Å²) in [7, 11) is -1.97. The average Bonchev–Trinajstić information content (AvgIpc) is 2.78. The molecule has 0 saturated carbocycles. The molecular formula is C24H34N2O5S. The lowest BCUT2D eigenvalue weighted by Gasteiger charge is -2.19. The van der Waals surface area contributed by atoms with Crippen molar-refractivity contribution in [1.29, 1.82) is 0 Å². The third-order valence-corrected chi connectivity index (χ3v) is 7.13. The van der Waals surface area contributed by atoms with Gasteiger partial charge in [0.15, 0.2) is 11.5 Å². The number of nitrogens with one attached hydrogen (secondary N) is 1. The fourth-order valence-electron chi connectivity index (χ4n) is 3.18. The van der Waals surface area contributed by atoms with E-state index >= 15 is 0 Å². The van der Waals surface area contributed by atoms with Gasteiger partial charge in [-0.25, -0.2) is 8.42 Å². The second kappa shape index (κ2) is 11.3. The second-order valence-electron chi connectivity index (χ2n) is 7.92. The Morgan fingerprint density at radius 2 is 1.62 bits per heavy atom. The van der Waals surface area contributed by atoms with Crippen molar-refractivity contribution in [3.63, 3.8) is 0 Å². The summed E-state index contributed by atoms with van der Waals surface area (Å²) in [5.74, 6) is 1.37. The lowest BCUT2D eigenvalue weighted by molar-refractivity contribution is 0.0939. The van der Waals surface area contributed by atoms with Crippen molar-refractivity contribution >= 4 is 15.9 Å². The Bertz CT molecular complexity index is 1000. The molecule has 2 aromatic carbocycles. The van der Waals surface area contributed by atoms with E-state index in [0.29, 0.717) is 42.7 Å². The molecule has 0 aliphatic rings. The second-order valence-corrected chi connectivity index (χ2v) is 9.86. The highest BCUT2D eigenvalue weighted by Gasteiger charge is 2.22. The molecule has 0 aliphatic carbocycles. The summed E-state index contributed by atoms with van der Waals surface area (Å²) in [6, 6.07) is 11.3. The zero-order valence-electron chi connectivity index (χ0n) is 19.7. The van der Waals surface area contributed by atoms with Crippen molar-refractivity contribution in [1.82, 2.24) is 9.62 Å². The Balaban J connectivity index is 2.12. The molecule has 7 nitrogen and oxygen atoms in total. The summed E-state index contributed by atoms with van der Waals surface area (Å²) in [6.07, 6.45) is 0. The molecule has 2 rings (SSSR count). The summed E-state index contributed by atoms with van der Waals surface area (Å²) in [5.41, 5.74) is 1.26. The number of hydrogen-bond donors (Lipinski definition) is 1. The molecule has 0 spiro atoms. The highest BCUT2D eigenvalue weighted by molar-refractivity contribution is 7.89. The van der Waals surface area contributed by atoms with Crippen LogP contribution in [0.4, 0.5) is 0 Å². The molecule has 32 heavy (non-hydrogen) atoms. The Morgan fingerprint density at radius 1 is 1.00 bits per heavy atom. The smallest absolute Gasteiger partial charge is 0.251 e. The molecule has 8 heteroatoms. The molecule has 0 saturated heterocycles. The largest absolute Gasteiger partial charge is 0.493 e. The summed E-state index contributed by atoms with van der Waals surface area (Å²) >= 11 is 0. The fraction of sp³-hybridized carbons (Fsp3) is 0.458. The minimum absolute atomic E-state index is 0.174. The highest BCUT2D eigenvalue weighted by atomic mass is 32.2. The molecule has 0 fully saturated rings. The van der Waals surface area contributed by atoms with Crippen molar-refractivity contribution in [3.05, 3.63) is 53.6 Å². The number of methoxy groups -OCH3 is 1. The maximum absolute atomic E-state index is 12.7. The van der Waals surface area contributed by atoms with Crippen molar-refractivity contribution < 1.29 is 22.7 Å². The van der Waals surface area contributed by atoms with E-state index in [1.807, 2.05) is 25.1 Å². The summed E-state index contributed by atoms with van der Waals surface area (Å²) < 4.78 is 37.8. The highest BCUT2D eigenvalue weighted by Crippen LogP contribution is 2.30. The van der Waals surface area contributed by atoms with Crippen LogP contribution in [0.15, 0.2) is 47.4 Å². The van der Waals surface area contributed by atoms with Crippen LogP contribution in [-0.2, 0) is 10.0 Å². The monoisotopic (exact) mass is 462 g/mol. The van der Waals surface area contributed by atoms with E-state index in [0.717, 1.165) is 5.56 Å². The minimum atomic E-state index is -3.56. The van der Waals surface area contributed by atoms with Crippen LogP contribution in [0.2, 0.25) is 0 Å². The maximum Gasteiger partial charge on any atom is 0.251 e. The van der Waals surface area contributed by atoms with Gasteiger partial charge >= 0.3 is 0 Å². The zero-order valence-corrected chi connectivity index (χ0v) is 20.5. The van der Waals surface area contributed by atoms with Gasteiger partial charge in [-0.2, -0.15) is 4.31 Å². The van der Waals surface area contributed by atoms with E-state index in [9.17, 15) is 13.2 Å². The molecule has 1 N–H and O–H groups in total. The molecule has 0 aliphatic heterocycles. The molecule has 0 radical (unpaired) electrons. The van der Waals surface area contributed by atoms with E-state index in [1.54, 1.807) is 21.0 Å². The first-order chi connectivity index (χ1) is 15.1. The Morgan fingerprint density at radius 3 is 2.16 bits per heavy atom. The number of ether oxygens (including phenoxy) is 2. The normalized spacial score (nSPS) is 12.6. The molecule has 0 bridgehead atoms. The predicted octanol–water partition coefficient (Wildman–Crippen LogP) is 4.25. The molecule has 0 heterocycles. The lowest BCUT2D eigenvalue weighted by atomic mass is 10.1. The van der Waals surface area contributed by atoms with Crippen LogP contribution in [0, 0.1) is 5.92 Å². The third-order valence-electron chi connectivity index (χ3n) is 5.07. The first-order valence-corrected chi connectivity index (χ1v) is 12.3. The van der Waals surface area contributed by atoms with Gasteiger partial charge in [-0.05, 0) is 54.8 Å². The van der Waals surface area contributed by atoms with Crippen LogP contribution in [0.25, 0.3) is 0 Å². The molecule has 2 aromatic rings. The van der Waals surface area contributed by atoms with Gasteiger partial charge in [-0.15, -0.1) is 0 Å². The average molecular weight is 463 g/mol. The predicted molar refractivity (Wildman–Crippen MR) is 126 cm³/mol. The Kier molecular flexibility index (Phi) is 9.09. The van der Waals surface area contributed by atoms with Crippen molar-refractivity contribution in [2.45, 2.75) is 45.6 Å². The van der Waals surface area contributed by atoms with Crippen LogP contribution >= 0.6 is 0 Å². The number of nitrogens with zero attached hydrogens (tertiary/aromatic N) is 1. The molecule has 176 valence electrons. The fourth-order valence-corrected chi connectivity index (χ4v) is 4.64. The lowest BCUT2D eigenvalue weighted by Crippen LogP contribution is -2.30. The van der Waals surface area contributed by atoms with Crippen LogP contribution in [0.5, 0.6) is 11.5 Å². The van der Waals surface area contributed by atoms with E-state index in [4.69, 9.17) is 9.47 Å². The third kappa shape index (κ3) is 6.23. The van der Waals surface area contributed by atoms with E-state index in [-0.39, 0.29) is 16.8 Å². The molecule has 0 aromatic heterocycles. The van der Waals surface area contributed by atoms with Crippen molar-refractivity contribution in [3.8, 4) is 11.5 Å². The molecular weight excluding hydrogens is 428 g/mol. The molecule has 1 amide bonds. The van der Waals surface area contributed by atoms with Gasteiger partial charge in [-0.1, -0.05) is 33.8 Å². The van der Waals surface area contributed by atoms with Crippen LogP contribution in [0.3, 0.4) is 0 Å². The summed E-state index contributed by atoms with van der Waals surface area (Å²) in [5, 5.41) is 2.94. The Hall–Kier alpha value is -2.58. The first-order valence-electron chi connectivity index (χ1n) is 10.9. The van der Waals surface area contributed by atoms with Gasteiger partial charge in [0.1, 0.15) is 0 Å². The van der Waals surface area contributed by atoms with E-state index in [2.05, 4.69) is 19.2 Å². The quantitative estimate of drug-likeness (QED) is 0.540. The minimum Gasteiger partial charge on any atom is -0.493 e. The van der Waals surface area contributed by atoms with Gasteiger partial charge in [0.05, 0.1) is 24.7 Å². The van der Waals surface area contributed by atoms with Gasteiger partial charge in [0.2, 0.25) is 10.0 Å². The number of hydrogen-bond acceptors (Lipinski definition) is 5. The number of rotatable bonds is 11. The molecule has 1 unspecified atom stereocenters. The number of amides is 1. The topological polar surface area (TPSA) is 84.9 Å². The van der Waals surface area contributed by atoms with E-state index in [1.165, 1.54) is 28.6 Å². The van der Waals surface area contributed by atoms with E-state index < -0.39 is 10.0 Å². The number of carbonyl (C=O) groups is 1. The van der Waals surface area contributed by atoms with Crippen LogP contribution in [0.1, 0.15) is 56.6 Å². The molecule has 1 atom stereocenters. The number of carbonyl (C=O) groups excluding carboxylic acids is 1. The van der Waals surface area contributed by atoms with Gasteiger partial charge in [0.25, 0.3) is 5.91 Å². The number of benzene rings is 2. The summed E-state index contributed by atoms with van der Waals surface area (Å²) in [4.78, 5) is 12.9. The van der Waals surface area contributed by atoms with Crippen LogP contribution in [-0.4, -0.2) is 45.4 Å².